The molecule has 0 aliphatic heterocycles. The van der Waals surface area contributed by atoms with Crippen molar-refractivity contribution in [2.75, 3.05) is 5.32 Å². The summed E-state index contributed by atoms with van der Waals surface area (Å²) >= 11 is 13.3. The number of carbonyl (C=O) groups is 1. The minimum absolute atomic E-state index is 0.156. The highest BCUT2D eigenvalue weighted by atomic mass is 35.5. The maximum absolute atomic E-state index is 12.4. The summed E-state index contributed by atoms with van der Waals surface area (Å²) in [5.74, 6) is 1.46. The lowest BCUT2D eigenvalue weighted by molar-refractivity contribution is -0.115. The summed E-state index contributed by atoms with van der Waals surface area (Å²) in [5.41, 5.74) is 0.542. The molecule has 1 atom stereocenters. The molecule has 1 fully saturated rings. The van der Waals surface area contributed by atoms with Crippen molar-refractivity contribution in [1.29, 1.82) is 0 Å². The Morgan fingerprint density at radius 3 is 2.88 bits per heavy atom. The van der Waals surface area contributed by atoms with Crippen molar-refractivity contribution in [1.82, 2.24) is 15.2 Å². The Morgan fingerprint density at radius 2 is 2.16 bits per heavy atom. The maximum Gasteiger partial charge on any atom is 0.237 e. The predicted molar refractivity (Wildman–Crippen MR) is 102 cm³/mol. The molecule has 8 heteroatoms. The van der Waals surface area contributed by atoms with Crippen molar-refractivity contribution in [2.24, 2.45) is 5.92 Å². The van der Waals surface area contributed by atoms with Gasteiger partial charge in [-0.2, -0.15) is 0 Å². The number of benzene rings is 1. The molecular formula is C17H20Cl2N4OS. The molecule has 0 saturated heterocycles. The van der Waals surface area contributed by atoms with Crippen molar-refractivity contribution >= 4 is 46.6 Å². The van der Waals surface area contributed by atoms with Gasteiger partial charge in [0.2, 0.25) is 11.1 Å². The van der Waals surface area contributed by atoms with Gasteiger partial charge in [-0.05, 0) is 31.0 Å². The summed E-state index contributed by atoms with van der Waals surface area (Å²) in [6.45, 7) is 1.82. The number of hydrogen-bond acceptors (Lipinski definition) is 4. The van der Waals surface area contributed by atoms with Crippen LogP contribution in [0.3, 0.4) is 0 Å². The lowest BCUT2D eigenvalue weighted by Crippen LogP contribution is -2.22. The standard InChI is InChI=1S/C17H20Cl2N4OS/c1-10(16(24)20-14-7-6-12(18)9-13(14)19)25-17-21-15(22-23-17)8-11-4-2-3-5-11/h6-7,9-11H,2-5,8H2,1H3,(H,20,24)(H,21,22,23). The molecule has 1 aliphatic carbocycles. The first kappa shape index (κ1) is 18.5. The molecule has 0 radical (unpaired) electrons. The Bertz CT molecular complexity index is 746. The first-order valence-electron chi connectivity index (χ1n) is 8.35. The molecular weight excluding hydrogens is 379 g/mol. The van der Waals surface area contributed by atoms with E-state index in [0.29, 0.717) is 26.8 Å². The van der Waals surface area contributed by atoms with Crippen molar-refractivity contribution in [3.05, 3.63) is 34.1 Å². The van der Waals surface area contributed by atoms with Crippen LogP contribution in [0.25, 0.3) is 0 Å². The molecule has 1 heterocycles. The number of hydrogen-bond donors (Lipinski definition) is 2. The first-order valence-corrected chi connectivity index (χ1v) is 9.98. The van der Waals surface area contributed by atoms with E-state index in [2.05, 4.69) is 20.5 Å². The van der Waals surface area contributed by atoms with E-state index in [1.807, 2.05) is 6.92 Å². The second-order valence-electron chi connectivity index (χ2n) is 6.29. The van der Waals surface area contributed by atoms with Crippen LogP contribution in [0.4, 0.5) is 5.69 Å². The monoisotopic (exact) mass is 398 g/mol. The molecule has 1 unspecified atom stereocenters. The number of rotatable bonds is 6. The third-order valence-corrected chi connectivity index (χ3v) is 5.82. The average molecular weight is 399 g/mol. The van der Waals surface area contributed by atoms with E-state index in [0.717, 1.165) is 12.2 Å². The zero-order valence-electron chi connectivity index (χ0n) is 13.9. The van der Waals surface area contributed by atoms with Gasteiger partial charge in [0.25, 0.3) is 0 Å². The van der Waals surface area contributed by atoms with Crippen molar-refractivity contribution < 1.29 is 4.79 Å². The van der Waals surface area contributed by atoms with Crippen molar-refractivity contribution in [2.45, 2.75) is 49.4 Å². The average Bonchev–Trinajstić information content (AvgIpc) is 3.22. The molecule has 1 saturated carbocycles. The Morgan fingerprint density at radius 1 is 1.40 bits per heavy atom. The van der Waals surface area contributed by atoms with Crippen molar-refractivity contribution in [3.8, 4) is 0 Å². The van der Waals surface area contributed by atoms with Crippen LogP contribution in [0.2, 0.25) is 10.0 Å². The summed E-state index contributed by atoms with van der Waals surface area (Å²) in [6, 6.07) is 4.97. The van der Waals surface area contributed by atoms with Gasteiger partial charge >= 0.3 is 0 Å². The van der Waals surface area contributed by atoms with Crippen LogP contribution in [-0.4, -0.2) is 26.3 Å². The van der Waals surface area contributed by atoms with E-state index >= 15 is 0 Å². The second kappa shape index (κ2) is 8.43. The van der Waals surface area contributed by atoms with Gasteiger partial charge in [0.15, 0.2) is 0 Å². The lowest BCUT2D eigenvalue weighted by Gasteiger charge is -2.11. The van der Waals surface area contributed by atoms with Gasteiger partial charge in [-0.15, -0.1) is 5.10 Å². The second-order valence-corrected chi connectivity index (χ2v) is 8.44. The quantitative estimate of drug-likeness (QED) is 0.674. The molecule has 2 aromatic rings. The molecule has 1 aliphatic rings. The third-order valence-electron chi connectivity index (χ3n) is 4.31. The topological polar surface area (TPSA) is 70.7 Å². The number of aromatic amines is 1. The highest BCUT2D eigenvalue weighted by Gasteiger charge is 2.20. The number of carbonyl (C=O) groups excluding carboxylic acids is 1. The van der Waals surface area contributed by atoms with Crippen LogP contribution >= 0.6 is 35.0 Å². The Balaban J connectivity index is 1.55. The van der Waals surface area contributed by atoms with Crippen LogP contribution in [0.5, 0.6) is 0 Å². The highest BCUT2D eigenvalue weighted by molar-refractivity contribution is 8.00. The molecule has 1 amide bonds. The third kappa shape index (κ3) is 5.12. The molecule has 134 valence electrons. The summed E-state index contributed by atoms with van der Waals surface area (Å²) in [6.07, 6.45) is 6.10. The van der Waals surface area contributed by atoms with E-state index in [9.17, 15) is 4.79 Å². The number of nitrogens with zero attached hydrogens (tertiary/aromatic N) is 2. The van der Waals surface area contributed by atoms with Gasteiger partial charge in [-0.1, -0.05) is 60.6 Å². The first-order chi connectivity index (χ1) is 12.0. The van der Waals surface area contributed by atoms with Crippen LogP contribution in [-0.2, 0) is 11.2 Å². The fourth-order valence-corrected chi connectivity index (χ4v) is 4.15. The summed E-state index contributed by atoms with van der Waals surface area (Å²) in [7, 11) is 0. The molecule has 1 aromatic heterocycles. The van der Waals surface area contributed by atoms with Gasteiger partial charge in [0.05, 0.1) is 16.0 Å². The largest absolute Gasteiger partial charge is 0.324 e. The fraction of sp³-hybridized carbons (Fsp3) is 0.471. The number of nitrogens with one attached hydrogen (secondary N) is 2. The zero-order valence-corrected chi connectivity index (χ0v) is 16.2. The van der Waals surface area contributed by atoms with E-state index < -0.39 is 0 Å². The van der Waals surface area contributed by atoms with Crippen LogP contribution < -0.4 is 5.32 Å². The Hall–Kier alpha value is -1.24. The molecule has 3 rings (SSSR count). The van der Waals surface area contributed by atoms with Crippen LogP contribution in [0, 0.1) is 5.92 Å². The van der Waals surface area contributed by atoms with E-state index in [4.69, 9.17) is 23.2 Å². The summed E-state index contributed by atoms with van der Waals surface area (Å²) in [5, 5.41) is 11.2. The fourth-order valence-electron chi connectivity index (χ4n) is 2.95. The summed E-state index contributed by atoms with van der Waals surface area (Å²) < 4.78 is 0. The van der Waals surface area contributed by atoms with Crippen LogP contribution in [0.1, 0.15) is 38.4 Å². The molecule has 2 N–H and O–H groups in total. The number of thioether (sulfide) groups is 1. The Labute approximate surface area is 161 Å². The maximum atomic E-state index is 12.4. The number of anilines is 1. The van der Waals surface area contributed by atoms with E-state index in [-0.39, 0.29) is 11.2 Å². The zero-order chi connectivity index (χ0) is 17.8. The van der Waals surface area contributed by atoms with Gasteiger partial charge in [-0.3, -0.25) is 9.89 Å². The number of amides is 1. The predicted octanol–water partition coefficient (Wildman–Crippen LogP) is 4.96. The normalized spacial score (nSPS) is 16.1. The lowest BCUT2D eigenvalue weighted by atomic mass is 10.0. The number of H-pyrrole nitrogens is 1. The molecule has 1 aromatic carbocycles. The molecule has 0 bridgehead atoms. The van der Waals surface area contributed by atoms with Gasteiger partial charge in [0.1, 0.15) is 5.82 Å². The van der Waals surface area contributed by atoms with E-state index in [1.54, 1.807) is 18.2 Å². The van der Waals surface area contributed by atoms with Gasteiger partial charge < -0.3 is 5.32 Å². The van der Waals surface area contributed by atoms with Crippen LogP contribution in [0.15, 0.2) is 23.4 Å². The number of halogens is 2. The van der Waals surface area contributed by atoms with Gasteiger partial charge in [0, 0.05) is 11.4 Å². The minimum Gasteiger partial charge on any atom is -0.324 e. The molecule has 0 spiro atoms. The number of aromatic nitrogens is 3. The smallest absolute Gasteiger partial charge is 0.237 e. The SMILES string of the molecule is CC(Sc1n[nH]c(CC2CCCC2)n1)C(=O)Nc1ccc(Cl)cc1Cl. The molecule has 25 heavy (non-hydrogen) atoms. The van der Waals surface area contributed by atoms with Crippen molar-refractivity contribution in [3.63, 3.8) is 0 Å². The minimum atomic E-state index is -0.345. The van der Waals surface area contributed by atoms with Gasteiger partial charge in [-0.25, -0.2) is 4.98 Å². The summed E-state index contributed by atoms with van der Waals surface area (Å²) in [4.78, 5) is 16.9. The Kier molecular flexibility index (Phi) is 6.25. The van der Waals surface area contributed by atoms with E-state index in [1.165, 1.54) is 37.4 Å². The highest BCUT2D eigenvalue weighted by Crippen LogP contribution is 2.29. The molecule has 5 nitrogen and oxygen atoms in total.